The number of amides is 1. The second-order valence-corrected chi connectivity index (χ2v) is 3.36. The molecule has 2 aromatic rings. The molecule has 0 unspecified atom stereocenters. The molecule has 7 heteroatoms. The summed E-state index contributed by atoms with van der Waals surface area (Å²) in [5.41, 5.74) is 0.687. The highest BCUT2D eigenvalue weighted by Crippen LogP contribution is 1.95. The first kappa shape index (κ1) is 11.2. The minimum atomic E-state index is -0.327. The van der Waals surface area contributed by atoms with Crippen LogP contribution in [0.1, 0.15) is 29.1 Å². The van der Waals surface area contributed by atoms with Gasteiger partial charge < -0.3 is 5.32 Å². The number of hydrogen-bond acceptors (Lipinski definition) is 5. The first-order valence-corrected chi connectivity index (χ1v) is 5.25. The summed E-state index contributed by atoms with van der Waals surface area (Å²) in [5, 5.41) is 16.7. The van der Waals surface area contributed by atoms with Crippen molar-refractivity contribution in [3.63, 3.8) is 0 Å². The van der Waals surface area contributed by atoms with Crippen LogP contribution in [0.3, 0.4) is 0 Å². The number of carbonyl (C=O) groups is 1. The van der Waals surface area contributed by atoms with Gasteiger partial charge in [-0.2, -0.15) is 10.2 Å². The van der Waals surface area contributed by atoms with Gasteiger partial charge in [0, 0.05) is 12.6 Å². The summed E-state index contributed by atoms with van der Waals surface area (Å²) < 4.78 is 0. The van der Waals surface area contributed by atoms with E-state index in [1.165, 1.54) is 0 Å². The van der Waals surface area contributed by atoms with Gasteiger partial charge in [0.05, 0.1) is 12.2 Å². The van der Waals surface area contributed by atoms with E-state index in [1.807, 2.05) is 6.92 Å². The third-order valence-corrected chi connectivity index (χ3v) is 2.13. The topological polar surface area (TPSA) is 96.5 Å². The molecule has 0 spiro atoms. The molecule has 2 aromatic heterocycles. The average Bonchev–Trinajstić information content (AvgIpc) is 2.86. The van der Waals surface area contributed by atoms with Crippen LogP contribution in [0.2, 0.25) is 0 Å². The molecule has 0 saturated carbocycles. The molecule has 0 radical (unpaired) electrons. The third-order valence-electron chi connectivity index (χ3n) is 2.13. The van der Waals surface area contributed by atoms with Crippen molar-refractivity contribution in [2.75, 3.05) is 0 Å². The van der Waals surface area contributed by atoms with Crippen LogP contribution in [0.5, 0.6) is 0 Å². The Morgan fingerprint density at radius 2 is 2.41 bits per heavy atom. The Labute approximate surface area is 97.7 Å². The van der Waals surface area contributed by atoms with E-state index in [0.717, 1.165) is 0 Å². The summed E-state index contributed by atoms with van der Waals surface area (Å²) in [7, 11) is 0. The highest BCUT2D eigenvalue weighted by atomic mass is 16.2. The number of H-pyrrole nitrogens is 1. The van der Waals surface area contributed by atoms with E-state index in [4.69, 9.17) is 0 Å². The monoisotopic (exact) mass is 232 g/mol. The molecule has 0 saturated heterocycles. The van der Waals surface area contributed by atoms with Gasteiger partial charge in [0.1, 0.15) is 5.82 Å². The van der Waals surface area contributed by atoms with E-state index >= 15 is 0 Å². The second-order valence-electron chi connectivity index (χ2n) is 3.36. The number of aryl methyl sites for hydroxylation is 1. The molecule has 2 N–H and O–H groups in total. The highest BCUT2D eigenvalue weighted by Gasteiger charge is 2.11. The van der Waals surface area contributed by atoms with Crippen molar-refractivity contribution in [1.29, 1.82) is 0 Å². The molecule has 0 aliphatic heterocycles. The predicted molar refractivity (Wildman–Crippen MR) is 59.0 cm³/mol. The lowest BCUT2D eigenvalue weighted by Gasteiger charge is -2.00. The zero-order valence-corrected chi connectivity index (χ0v) is 9.34. The van der Waals surface area contributed by atoms with Gasteiger partial charge in [0.15, 0.2) is 0 Å². The summed E-state index contributed by atoms with van der Waals surface area (Å²) in [6.07, 6.45) is 2.29. The molecule has 0 aliphatic carbocycles. The lowest BCUT2D eigenvalue weighted by atomic mass is 10.4. The van der Waals surface area contributed by atoms with E-state index in [2.05, 4.69) is 30.7 Å². The molecular weight excluding hydrogens is 220 g/mol. The summed E-state index contributed by atoms with van der Waals surface area (Å²) in [5.74, 6) is 0.506. The van der Waals surface area contributed by atoms with E-state index in [0.29, 0.717) is 24.5 Å². The maximum atomic E-state index is 11.6. The number of aromatic nitrogens is 5. The Balaban J connectivity index is 1.93. The Hall–Kier alpha value is -2.31. The SMILES string of the molecule is CCc1nc(C(=O)NCc2cccnn2)n[nH]1. The van der Waals surface area contributed by atoms with Crippen LogP contribution in [0.25, 0.3) is 0 Å². The molecule has 17 heavy (non-hydrogen) atoms. The van der Waals surface area contributed by atoms with Gasteiger partial charge in [-0.3, -0.25) is 9.89 Å². The minimum Gasteiger partial charge on any atom is -0.344 e. The lowest BCUT2D eigenvalue weighted by Crippen LogP contribution is -2.24. The molecule has 7 nitrogen and oxygen atoms in total. The molecule has 0 atom stereocenters. The lowest BCUT2D eigenvalue weighted by molar-refractivity contribution is 0.0940. The maximum absolute atomic E-state index is 11.6. The van der Waals surface area contributed by atoms with Crippen molar-refractivity contribution in [3.8, 4) is 0 Å². The number of nitrogens with zero attached hydrogens (tertiary/aromatic N) is 4. The standard InChI is InChI=1S/C10H12N6O/c1-2-8-13-9(16-15-8)10(17)11-6-7-4-3-5-12-14-7/h3-5H,2,6H2,1H3,(H,11,17)(H,13,15,16). The van der Waals surface area contributed by atoms with Crippen molar-refractivity contribution < 1.29 is 4.79 Å². The Bertz CT molecular complexity index is 495. The minimum absolute atomic E-state index is 0.144. The largest absolute Gasteiger partial charge is 0.344 e. The van der Waals surface area contributed by atoms with Crippen LogP contribution < -0.4 is 5.32 Å². The van der Waals surface area contributed by atoms with E-state index in [9.17, 15) is 4.79 Å². The molecule has 0 aliphatic rings. The molecule has 0 aromatic carbocycles. The molecule has 0 bridgehead atoms. The first-order chi connectivity index (χ1) is 8.29. The normalized spacial score (nSPS) is 10.2. The van der Waals surface area contributed by atoms with Gasteiger partial charge in [0.2, 0.25) is 5.82 Å². The van der Waals surface area contributed by atoms with Gasteiger partial charge in [-0.1, -0.05) is 6.92 Å². The Morgan fingerprint density at radius 1 is 1.53 bits per heavy atom. The molecule has 1 amide bonds. The number of nitrogens with one attached hydrogen (secondary N) is 2. The quantitative estimate of drug-likeness (QED) is 0.778. The van der Waals surface area contributed by atoms with Gasteiger partial charge in [-0.15, -0.1) is 5.10 Å². The predicted octanol–water partition coefficient (Wildman–Crippen LogP) is 0.0871. The molecule has 88 valence electrons. The van der Waals surface area contributed by atoms with Crippen molar-refractivity contribution in [2.24, 2.45) is 0 Å². The molecular formula is C10H12N6O. The summed E-state index contributed by atoms with van der Waals surface area (Å²) >= 11 is 0. The van der Waals surface area contributed by atoms with Gasteiger partial charge in [0.25, 0.3) is 5.91 Å². The van der Waals surface area contributed by atoms with Gasteiger partial charge in [-0.25, -0.2) is 4.98 Å². The van der Waals surface area contributed by atoms with Crippen molar-refractivity contribution in [2.45, 2.75) is 19.9 Å². The van der Waals surface area contributed by atoms with Crippen molar-refractivity contribution in [3.05, 3.63) is 35.7 Å². The van der Waals surface area contributed by atoms with Crippen molar-refractivity contribution in [1.82, 2.24) is 30.7 Å². The summed E-state index contributed by atoms with van der Waals surface area (Å²) in [4.78, 5) is 15.7. The number of rotatable bonds is 4. The van der Waals surface area contributed by atoms with Crippen molar-refractivity contribution >= 4 is 5.91 Å². The number of carbonyl (C=O) groups excluding carboxylic acids is 1. The Kier molecular flexibility index (Phi) is 3.39. The van der Waals surface area contributed by atoms with E-state index in [-0.39, 0.29) is 11.7 Å². The fourth-order valence-corrected chi connectivity index (χ4v) is 1.23. The van der Waals surface area contributed by atoms with Crippen LogP contribution in [0.15, 0.2) is 18.3 Å². The van der Waals surface area contributed by atoms with E-state index < -0.39 is 0 Å². The summed E-state index contributed by atoms with van der Waals surface area (Å²) in [6, 6.07) is 3.54. The van der Waals surface area contributed by atoms with Crippen LogP contribution in [0.4, 0.5) is 0 Å². The number of aromatic amines is 1. The van der Waals surface area contributed by atoms with Gasteiger partial charge in [-0.05, 0) is 12.1 Å². The fraction of sp³-hybridized carbons (Fsp3) is 0.300. The van der Waals surface area contributed by atoms with Crippen LogP contribution in [0, 0.1) is 0 Å². The van der Waals surface area contributed by atoms with Crippen LogP contribution in [-0.2, 0) is 13.0 Å². The smallest absolute Gasteiger partial charge is 0.291 e. The fourth-order valence-electron chi connectivity index (χ4n) is 1.23. The molecule has 0 fully saturated rings. The zero-order valence-electron chi connectivity index (χ0n) is 9.34. The van der Waals surface area contributed by atoms with E-state index in [1.54, 1.807) is 18.3 Å². The number of hydrogen-bond donors (Lipinski definition) is 2. The maximum Gasteiger partial charge on any atom is 0.291 e. The van der Waals surface area contributed by atoms with Crippen LogP contribution in [-0.4, -0.2) is 31.3 Å². The first-order valence-electron chi connectivity index (χ1n) is 5.25. The second kappa shape index (κ2) is 5.15. The van der Waals surface area contributed by atoms with Gasteiger partial charge >= 0.3 is 0 Å². The average molecular weight is 232 g/mol. The molecule has 2 rings (SSSR count). The Morgan fingerprint density at radius 3 is 3.06 bits per heavy atom. The zero-order chi connectivity index (χ0) is 12.1. The highest BCUT2D eigenvalue weighted by molar-refractivity contribution is 5.90. The van der Waals surface area contributed by atoms with Crippen LogP contribution >= 0.6 is 0 Å². The molecule has 2 heterocycles. The third kappa shape index (κ3) is 2.83. The summed E-state index contributed by atoms with van der Waals surface area (Å²) in [6.45, 7) is 2.24.